The van der Waals surface area contributed by atoms with Crippen LogP contribution in [0.3, 0.4) is 0 Å². The maximum atomic E-state index is 14.6. The molecule has 0 aliphatic rings. The number of hydrogen-bond acceptors (Lipinski definition) is 3. The third kappa shape index (κ3) is 11.8. The van der Waals surface area contributed by atoms with Crippen LogP contribution in [0.25, 0.3) is 0 Å². The molecule has 1 heterocycles. The lowest BCUT2D eigenvalue weighted by molar-refractivity contribution is -0.689. The Morgan fingerprint density at radius 2 is 1.56 bits per heavy atom. The largest absolute Gasteiger partial charge is 1.00 e. The zero-order chi connectivity index (χ0) is 27.0. The van der Waals surface area contributed by atoms with E-state index in [2.05, 4.69) is 34.6 Å². The third-order valence-corrected chi connectivity index (χ3v) is 7.73. The van der Waals surface area contributed by atoms with E-state index in [4.69, 9.17) is 4.74 Å². The van der Waals surface area contributed by atoms with Crippen molar-refractivity contribution in [1.82, 2.24) is 0 Å². The van der Waals surface area contributed by atoms with Gasteiger partial charge in [-0.25, -0.2) is 4.39 Å². The number of hydrogen-bond donors (Lipinski definition) is 1. The van der Waals surface area contributed by atoms with Gasteiger partial charge in [0.15, 0.2) is 23.8 Å². The van der Waals surface area contributed by atoms with Crippen LogP contribution >= 0.6 is 11.3 Å². The smallest absolute Gasteiger partial charge is 0.255 e. The van der Waals surface area contributed by atoms with E-state index >= 15 is 0 Å². The van der Waals surface area contributed by atoms with E-state index in [1.165, 1.54) is 76.0 Å². The highest BCUT2D eigenvalue weighted by Crippen LogP contribution is 2.28. The van der Waals surface area contributed by atoms with Crippen LogP contribution in [0.2, 0.25) is 0 Å². The van der Waals surface area contributed by atoms with Gasteiger partial charge in [-0.2, -0.15) is 4.57 Å². The Morgan fingerprint density at radius 1 is 0.923 bits per heavy atom. The van der Waals surface area contributed by atoms with Crippen molar-refractivity contribution < 1.29 is 35.5 Å². The number of halogens is 2. The summed E-state index contributed by atoms with van der Waals surface area (Å²) in [5.74, 6) is -0.621. The predicted molar refractivity (Wildman–Crippen MR) is 156 cm³/mol. The number of nitrogens with zero attached hydrogens (tertiary/aromatic N) is 1. The van der Waals surface area contributed by atoms with Crippen LogP contribution in [0.5, 0.6) is 5.75 Å². The second kappa shape index (κ2) is 18.9. The maximum Gasteiger partial charge on any atom is 0.255 e. The number of carbonyl (C=O) groups is 1. The van der Waals surface area contributed by atoms with E-state index in [0.717, 1.165) is 18.4 Å². The van der Waals surface area contributed by atoms with Crippen molar-refractivity contribution in [3.63, 3.8) is 0 Å². The number of thiazole rings is 1. The Morgan fingerprint density at radius 3 is 2.21 bits per heavy atom. The molecule has 0 saturated heterocycles. The summed E-state index contributed by atoms with van der Waals surface area (Å²) in [5, 5.41) is 4.95. The topological polar surface area (TPSA) is 42.2 Å². The summed E-state index contributed by atoms with van der Waals surface area (Å²) in [5.41, 5.74) is 5.18. The predicted octanol–water partition coefficient (Wildman–Crippen LogP) is 5.87. The van der Waals surface area contributed by atoms with Gasteiger partial charge in [0, 0.05) is 18.1 Å². The number of amides is 1. The van der Waals surface area contributed by atoms with Crippen LogP contribution in [0, 0.1) is 12.7 Å². The van der Waals surface area contributed by atoms with Gasteiger partial charge in [0.1, 0.15) is 0 Å². The minimum Gasteiger partial charge on any atom is -1.00 e. The van der Waals surface area contributed by atoms with Crippen molar-refractivity contribution in [1.29, 1.82) is 0 Å². The number of ether oxygens (including phenoxy) is 1. The molecule has 0 unspecified atom stereocenters. The van der Waals surface area contributed by atoms with Crippen molar-refractivity contribution in [2.75, 3.05) is 11.9 Å². The first-order valence-electron chi connectivity index (χ1n) is 14.3. The number of para-hydroxylation sites is 1. The molecule has 0 fully saturated rings. The fraction of sp³-hybridized carbons (Fsp3) is 0.500. The van der Waals surface area contributed by atoms with E-state index in [1.807, 2.05) is 18.2 Å². The minimum absolute atomic E-state index is 0. The lowest BCUT2D eigenvalue weighted by Gasteiger charge is -2.14. The molecular weight excluding hydrogens is 575 g/mol. The Hall–Kier alpha value is -2.25. The molecule has 39 heavy (non-hydrogen) atoms. The van der Waals surface area contributed by atoms with Gasteiger partial charge >= 0.3 is 0 Å². The van der Waals surface area contributed by atoms with Gasteiger partial charge in [0.25, 0.3) is 5.91 Å². The summed E-state index contributed by atoms with van der Waals surface area (Å²) >= 11 is 1.65. The second-order valence-corrected chi connectivity index (χ2v) is 10.9. The van der Waals surface area contributed by atoms with Crippen molar-refractivity contribution >= 4 is 22.9 Å². The van der Waals surface area contributed by atoms with E-state index < -0.39 is 5.82 Å². The number of benzene rings is 2. The highest BCUT2D eigenvalue weighted by atomic mass is 79.9. The first-order chi connectivity index (χ1) is 18.6. The molecule has 0 aliphatic heterocycles. The number of unbranched alkanes of at least 4 members (excludes halogenated alkanes) is 11. The molecule has 0 spiro atoms. The van der Waals surface area contributed by atoms with E-state index in [1.54, 1.807) is 29.5 Å². The first-order valence-corrected chi connectivity index (χ1v) is 15.3. The molecule has 0 radical (unpaired) electrons. The van der Waals surface area contributed by atoms with Crippen molar-refractivity contribution in [3.8, 4) is 5.75 Å². The number of aromatic nitrogens is 1. The lowest BCUT2D eigenvalue weighted by atomic mass is 10.1. The summed E-state index contributed by atoms with van der Waals surface area (Å²) in [7, 11) is 0. The van der Waals surface area contributed by atoms with Gasteiger partial charge in [-0.05, 0) is 30.7 Å². The van der Waals surface area contributed by atoms with Crippen molar-refractivity contribution in [2.24, 2.45) is 0 Å². The molecule has 0 saturated carbocycles. The normalized spacial score (nSPS) is 10.7. The average Bonchev–Trinajstić information content (AvgIpc) is 3.32. The first kappa shape index (κ1) is 33.0. The minimum atomic E-state index is -0.458. The van der Waals surface area contributed by atoms with Gasteiger partial charge in [-0.1, -0.05) is 107 Å². The summed E-state index contributed by atoms with van der Waals surface area (Å²) in [6.45, 7) is 5.46. The van der Waals surface area contributed by atoms with Gasteiger partial charge in [0.2, 0.25) is 5.51 Å². The maximum absolute atomic E-state index is 14.6. The lowest BCUT2D eigenvalue weighted by Crippen LogP contribution is -3.00. The number of rotatable bonds is 18. The van der Waals surface area contributed by atoms with Gasteiger partial charge < -0.3 is 27.0 Å². The standard InChI is InChI=1S/C32H43FN2O2S.BrH/c1-3-4-5-6-7-8-9-10-11-12-13-14-21-37-31-29(33)19-16-20-30(31)34-32(36)28-18-15-17-27(22-28)23-35-25-38-24-26(35)2;/h15-20,22,24-25H,3-14,21,23H2,1-2H3;1H. The van der Waals surface area contributed by atoms with E-state index in [9.17, 15) is 9.18 Å². The number of nitrogens with one attached hydrogen (secondary N) is 1. The Labute approximate surface area is 248 Å². The Balaban J connectivity index is 0.00000533. The molecule has 4 nitrogen and oxygen atoms in total. The van der Waals surface area contributed by atoms with Crippen LogP contribution in [0.15, 0.2) is 53.4 Å². The summed E-state index contributed by atoms with van der Waals surface area (Å²) in [6, 6.07) is 12.2. The van der Waals surface area contributed by atoms with Crippen LogP contribution < -0.4 is 31.6 Å². The third-order valence-electron chi connectivity index (χ3n) is 6.88. The van der Waals surface area contributed by atoms with Gasteiger partial charge in [-0.15, -0.1) is 0 Å². The highest BCUT2D eigenvalue weighted by Gasteiger charge is 2.15. The molecule has 1 N–H and O–H groups in total. The molecule has 0 aliphatic carbocycles. The fourth-order valence-electron chi connectivity index (χ4n) is 4.59. The van der Waals surface area contributed by atoms with Crippen LogP contribution in [-0.2, 0) is 6.54 Å². The fourth-order valence-corrected chi connectivity index (χ4v) is 5.37. The second-order valence-electron chi connectivity index (χ2n) is 10.1. The van der Waals surface area contributed by atoms with E-state index in [0.29, 0.717) is 24.4 Å². The molecule has 1 amide bonds. The zero-order valence-corrected chi connectivity index (χ0v) is 25.9. The van der Waals surface area contributed by atoms with Crippen LogP contribution in [0.1, 0.15) is 106 Å². The van der Waals surface area contributed by atoms with Gasteiger partial charge in [0.05, 0.1) is 17.7 Å². The molecule has 0 bridgehead atoms. The summed E-state index contributed by atoms with van der Waals surface area (Å²) < 4.78 is 22.5. The monoisotopic (exact) mass is 618 g/mol. The highest BCUT2D eigenvalue weighted by molar-refractivity contribution is 7.07. The summed E-state index contributed by atoms with van der Waals surface area (Å²) in [6.07, 6.45) is 15.2. The molecule has 2 aromatic carbocycles. The average molecular weight is 620 g/mol. The molecule has 214 valence electrons. The molecule has 0 atom stereocenters. The number of aryl methyl sites for hydroxylation is 1. The Bertz CT molecular complexity index is 1120. The summed E-state index contributed by atoms with van der Waals surface area (Å²) in [4.78, 5) is 13.0. The van der Waals surface area contributed by atoms with Crippen LogP contribution in [-0.4, -0.2) is 12.5 Å². The number of carbonyl (C=O) groups excluding carboxylic acids is 1. The Kier molecular flexibility index (Phi) is 16.0. The zero-order valence-electron chi connectivity index (χ0n) is 23.5. The van der Waals surface area contributed by atoms with Gasteiger partial charge in [-0.3, -0.25) is 4.79 Å². The quantitative estimate of drug-likeness (QED) is 0.143. The molecule has 3 rings (SSSR count). The molecule has 3 aromatic rings. The molecule has 1 aromatic heterocycles. The molecular formula is C32H44BrFN2O2S. The molecule has 7 heteroatoms. The van der Waals surface area contributed by atoms with Crippen LogP contribution in [0.4, 0.5) is 10.1 Å². The number of anilines is 1. The SMILES string of the molecule is CCCCCCCCCCCCCCOc1c(F)cccc1NC(=O)c1cccc(C[n+]2cscc2C)c1.[Br-]. The van der Waals surface area contributed by atoms with E-state index in [-0.39, 0.29) is 28.6 Å². The van der Waals surface area contributed by atoms with Crippen molar-refractivity contribution in [2.45, 2.75) is 97.4 Å². The van der Waals surface area contributed by atoms with Crippen molar-refractivity contribution in [3.05, 3.63) is 76.0 Å².